The molecule has 0 aliphatic carbocycles. The summed E-state index contributed by atoms with van der Waals surface area (Å²) in [5, 5.41) is 6.94. The van der Waals surface area contributed by atoms with Crippen LogP contribution in [0.1, 0.15) is 25.5 Å². The topological polar surface area (TPSA) is 28.5 Å². The third-order valence-corrected chi connectivity index (χ3v) is 5.38. The van der Waals surface area contributed by atoms with Crippen LogP contribution in [0.4, 0.5) is 14.5 Å². The normalized spacial score (nSPS) is 12.2. The summed E-state index contributed by atoms with van der Waals surface area (Å²) >= 11 is 5.94. The van der Waals surface area contributed by atoms with Crippen LogP contribution in [0.2, 0.25) is 0 Å². The molecule has 1 atom stereocenters. The molecule has 3 N–H and O–H groups in total. The summed E-state index contributed by atoms with van der Waals surface area (Å²) in [6.45, 7) is 7.14. The van der Waals surface area contributed by atoms with E-state index in [0.29, 0.717) is 34.4 Å². The maximum atomic E-state index is 12.4. The number of hydrogen-bond donors (Lipinski definition) is 3. The molecule has 0 heterocycles. The summed E-state index contributed by atoms with van der Waals surface area (Å²) in [6.07, 6.45) is 0. The van der Waals surface area contributed by atoms with E-state index in [1.807, 2.05) is 6.07 Å². The van der Waals surface area contributed by atoms with E-state index in [9.17, 15) is 8.78 Å². The largest absolute Gasteiger partial charge is 0.356 e. The highest BCUT2D eigenvalue weighted by Gasteiger charge is 2.21. The van der Waals surface area contributed by atoms with Crippen LogP contribution in [-0.2, 0) is 0 Å². The third kappa shape index (κ3) is 7.08. The lowest BCUT2D eigenvalue weighted by Crippen LogP contribution is -3.12. The summed E-state index contributed by atoms with van der Waals surface area (Å²) in [7, 11) is 0. The lowest BCUT2D eigenvalue weighted by Gasteiger charge is -2.27. The fraction of sp³-hybridized carbons (Fsp3) is 0.350. The Morgan fingerprint density at radius 1 is 1.04 bits per heavy atom. The van der Waals surface area contributed by atoms with E-state index in [-0.39, 0.29) is 0 Å². The molecule has 146 valence electrons. The summed E-state index contributed by atoms with van der Waals surface area (Å²) in [5.74, 6) is -2.41. The first kappa shape index (κ1) is 21.6. The van der Waals surface area contributed by atoms with E-state index >= 15 is 0 Å². The van der Waals surface area contributed by atoms with Gasteiger partial charge in [0.2, 0.25) is 0 Å². The zero-order valence-corrected chi connectivity index (χ0v) is 17.2. The Labute approximate surface area is 169 Å². The van der Waals surface area contributed by atoms with Gasteiger partial charge in [0.15, 0.2) is 5.11 Å². The van der Waals surface area contributed by atoms with Gasteiger partial charge in [-0.15, -0.1) is 0 Å². The van der Waals surface area contributed by atoms with Crippen molar-refractivity contribution in [1.29, 1.82) is 0 Å². The van der Waals surface area contributed by atoms with Crippen molar-refractivity contribution in [2.45, 2.75) is 30.5 Å². The molecule has 0 bridgehead atoms. The van der Waals surface area contributed by atoms with Crippen molar-refractivity contribution in [2.24, 2.45) is 0 Å². The van der Waals surface area contributed by atoms with Gasteiger partial charge in [0.1, 0.15) is 6.04 Å². The van der Waals surface area contributed by atoms with Crippen LogP contribution in [0.5, 0.6) is 0 Å². The summed E-state index contributed by atoms with van der Waals surface area (Å²) in [6, 6.07) is 17.6. The Hall–Kier alpha value is -1.70. The van der Waals surface area contributed by atoms with Crippen molar-refractivity contribution < 1.29 is 13.7 Å². The summed E-state index contributed by atoms with van der Waals surface area (Å²) in [4.78, 5) is 2.01. The second kappa shape index (κ2) is 11.2. The van der Waals surface area contributed by atoms with Crippen LogP contribution in [0.3, 0.4) is 0 Å². The molecule has 0 amide bonds. The minimum atomic E-state index is -2.41. The predicted octanol–water partition coefficient (Wildman–Crippen LogP) is 3.95. The molecule has 0 aliphatic rings. The number of hydrogen-bond acceptors (Lipinski definition) is 2. The van der Waals surface area contributed by atoms with E-state index < -0.39 is 5.76 Å². The van der Waals surface area contributed by atoms with E-state index in [2.05, 4.69) is 48.7 Å². The molecule has 0 aliphatic heterocycles. The van der Waals surface area contributed by atoms with E-state index in [1.54, 1.807) is 24.3 Å². The summed E-state index contributed by atoms with van der Waals surface area (Å²) in [5.41, 5.74) is 2.05. The Morgan fingerprint density at radius 3 is 2.22 bits per heavy atom. The maximum absolute atomic E-state index is 12.4. The first-order chi connectivity index (χ1) is 13.0. The van der Waals surface area contributed by atoms with Crippen molar-refractivity contribution in [3.8, 4) is 0 Å². The van der Waals surface area contributed by atoms with Crippen LogP contribution in [-0.4, -0.2) is 30.5 Å². The smallest absolute Gasteiger partial charge is 0.288 e. The summed E-state index contributed by atoms with van der Waals surface area (Å²) < 4.78 is 24.8. The Morgan fingerprint density at radius 2 is 1.67 bits per heavy atom. The molecule has 0 saturated heterocycles. The first-order valence-corrected chi connectivity index (χ1v) is 10.3. The van der Waals surface area contributed by atoms with Crippen molar-refractivity contribution in [2.75, 3.05) is 25.0 Å². The third-order valence-electron chi connectivity index (χ3n) is 4.41. The van der Waals surface area contributed by atoms with Crippen molar-refractivity contribution >= 4 is 34.8 Å². The number of thiocarbonyl (C=S) groups is 1. The molecular weight excluding hydrogens is 384 g/mol. The SMILES string of the molecule is CC[NH+](CC)[C@@H](CNC(=S)Nc1ccc(SC(F)F)cc1)c1ccccc1. The second-order valence-corrected chi connectivity index (χ2v) is 7.54. The average molecular weight is 411 g/mol. The minimum absolute atomic E-state index is 0.297. The lowest BCUT2D eigenvalue weighted by molar-refractivity contribution is -0.927. The molecule has 0 saturated carbocycles. The number of rotatable bonds is 9. The Bertz CT molecular complexity index is 692. The molecule has 3 nitrogen and oxygen atoms in total. The number of likely N-dealkylation sites (N-methyl/N-ethyl adjacent to an activating group) is 1. The van der Waals surface area contributed by atoms with Gasteiger partial charge in [-0.1, -0.05) is 42.1 Å². The number of halogens is 2. The van der Waals surface area contributed by atoms with E-state index in [1.165, 1.54) is 10.5 Å². The van der Waals surface area contributed by atoms with Crippen LogP contribution in [0.15, 0.2) is 59.5 Å². The number of alkyl halides is 2. The first-order valence-electron chi connectivity index (χ1n) is 9.02. The predicted molar refractivity (Wildman–Crippen MR) is 114 cm³/mol. The van der Waals surface area contributed by atoms with E-state index in [4.69, 9.17) is 12.2 Å². The Balaban J connectivity index is 1.95. The van der Waals surface area contributed by atoms with Crippen molar-refractivity contribution in [3.63, 3.8) is 0 Å². The molecule has 2 aromatic carbocycles. The molecule has 2 aromatic rings. The van der Waals surface area contributed by atoms with Gasteiger partial charge in [-0.25, -0.2) is 0 Å². The second-order valence-electron chi connectivity index (χ2n) is 6.07. The van der Waals surface area contributed by atoms with E-state index in [0.717, 1.165) is 18.8 Å². The fourth-order valence-corrected chi connectivity index (χ4v) is 3.72. The molecule has 0 aromatic heterocycles. The molecule has 0 fully saturated rings. The Kier molecular flexibility index (Phi) is 8.97. The fourth-order valence-electron chi connectivity index (χ4n) is 3.02. The molecular formula is C20H26F2N3S2+. The maximum Gasteiger partial charge on any atom is 0.288 e. The molecule has 0 unspecified atom stereocenters. The highest BCUT2D eigenvalue weighted by atomic mass is 32.2. The van der Waals surface area contributed by atoms with Crippen molar-refractivity contribution in [1.82, 2.24) is 5.32 Å². The number of nitrogens with one attached hydrogen (secondary N) is 3. The van der Waals surface area contributed by atoms with Crippen LogP contribution < -0.4 is 15.5 Å². The van der Waals surface area contributed by atoms with Gasteiger partial charge >= 0.3 is 0 Å². The van der Waals surface area contributed by atoms with Crippen molar-refractivity contribution in [3.05, 3.63) is 60.2 Å². The zero-order chi connectivity index (χ0) is 19.6. The van der Waals surface area contributed by atoms with Gasteiger partial charge < -0.3 is 15.5 Å². The standard InChI is InChI=1S/C20H25F2N3S2/c1-3-25(4-2)18(15-8-6-5-7-9-15)14-23-20(26)24-16-10-12-17(13-11-16)27-19(21)22/h5-13,18-19H,3-4,14H2,1-2H3,(H2,23,24,26)/p+1/t18-/m0/s1. The van der Waals surface area contributed by atoms with Crippen LogP contribution in [0.25, 0.3) is 0 Å². The molecule has 2 rings (SSSR count). The molecule has 7 heteroatoms. The van der Waals surface area contributed by atoms with Gasteiger partial charge in [-0.3, -0.25) is 0 Å². The van der Waals surface area contributed by atoms with Gasteiger partial charge in [0, 0.05) is 16.1 Å². The number of benzene rings is 2. The molecule has 27 heavy (non-hydrogen) atoms. The number of anilines is 1. The highest BCUT2D eigenvalue weighted by molar-refractivity contribution is 7.99. The monoisotopic (exact) mass is 410 g/mol. The quantitative estimate of drug-likeness (QED) is 0.431. The average Bonchev–Trinajstić information content (AvgIpc) is 2.67. The van der Waals surface area contributed by atoms with Gasteiger partial charge in [-0.05, 0) is 50.3 Å². The van der Waals surface area contributed by atoms with Crippen LogP contribution in [0, 0.1) is 0 Å². The van der Waals surface area contributed by atoms with Gasteiger partial charge in [0.05, 0.1) is 19.6 Å². The highest BCUT2D eigenvalue weighted by Crippen LogP contribution is 2.26. The lowest BCUT2D eigenvalue weighted by atomic mass is 10.1. The number of quaternary nitrogens is 1. The van der Waals surface area contributed by atoms with Gasteiger partial charge in [-0.2, -0.15) is 8.78 Å². The molecule has 0 spiro atoms. The number of thioether (sulfide) groups is 1. The van der Waals surface area contributed by atoms with Crippen LogP contribution >= 0.6 is 24.0 Å². The molecule has 0 radical (unpaired) electrons. The minimum Gasteiger partial charge on any atom is -0.356 e. The zero-order valence-electron chi connectivity index (χ0n) is 15.5. The van der Waals surface area contributed by atoms with Gasteiger partial charge in [0.25, 0.3) is 5.76 Å².